The monoisotopic (exact) mass is 250 g/mol. The van der Waals surface area contributed by atoms with Gasteiger partial charge in [0.25, 0.3) is 0 Å². The van der Waals surface area contributed by atoms with Gasteiger partial charge in [0.05, 0.1) is 16.6 Å². The molecular formula is C15H10N2O2. The van der Waals surface area contributed by atoms with Crippen molar-refractivity contribution in [3.63, 3.8) is 0 Å². The number of nitrogens with one attached hydrogen (secondary N) is 1. The number of nitrogens with zero attached hydrogens (tertiary/aromatic N) is 1. The van der Waals surface area contributed by atoms with Crippen molar-refractivity contribution in [1.82, 2.24) is 9.97 Å². The maximum absolute atomic E-state index is 9.89. The molecule has 0 atom stereocenters. The Morgan fingerprint density at radius 1 is 0.895 bits per heavy atom. The summed E-state index contributed by atoms with van der Waals surface area (Å²) in [6.07, 6.45) is 0. The first-order chi connectivity index (χ1) is 9.24. The molecule has 4 heteroatoms. The van der Waals surface area contributed by atoms with Crippen molar-refractivity contribution >= 4 is 32.8 Å². The third kappa shape index (κ3) is 1.31. The van der Waals surface area contributed by atoms with Gasteiger partial charge < -0.3 is 15.2 Å². The molecule has 0 radical (unpaired) electrons. The Hall–Kier alpha value is -2.75. The van der Waals surface area contributed by atoms with Crippen LogP contribution in [0.5, 0.6) is 11.5 Å². The first-order valence-electron chi connectivity index (χ1n) is 5.96. The highest BCUT2D eigenvalue weighted by Gasteiger charge is 2.11. The molecule has 0 aliphatic carbocycles. The van der Waals surface area contributed by atoms with Gasteiger partial charge in [0, 0.05) is 16.3 Å². The summed E-state index contributed by atoms with van der Waals surface area (Å²) in [4.78, 5) is 7.83. The van der Waals surface area contributed by atoms with Crippen LogP contribution in [0.3, 0.4) is 0 Å². The number of para-hydroxylation sites is 1. The van der Waals surface area contributed by atoms with Gasteiger partial charge in [0.15, 0.2) is 11.5 Å². The molecule has 0 bridgehead atoms. The van der Waals surface area contributed by atoms with Gasteiger partial charge in [0.1, 0.15) is 0 Å². The summed E-state index contributed by atoms with van der Waals surface area (Å²) >= 11 is 0. The Morgan fingerprint density at radius 3 is 2.63 bits per heavy atom. The van der Waals surface area contributed by atoms with Crippen molar-refractivity contribution in [2.75, 3.05) is 0 Å². The second-order valence-electron chi connectivity index (χ2n) is 4.56. The van der Waals surface area contributed by atoms with Crippen molar-refractivity contribution in [3.8, 4) is 11.5 Å². The lowest BCUT2D eigenvalue weighted by molar-refractivity contribution is 0.408. The van der Waals surface area contributed by atoms with Gasteiger partial charge in [-0.05, 0) is 24.3 Å². The third-order valence-electron chi connectivity index (χ3n) is 3.40. The van der Waals surface area contributed by atoms with Crippen molar-refractivity contribution in [1.29, 1.82) is 0 Å². The third-order valence-corrected chi connectivity index (χ3v) is 3.40. The molecule has 2 aromatic carbocycles. The fourth-order valence-corrected chi connectivity index (χ4v) is 2.46. The van der Waals surface area contributed by atoms with Gasteiger partial charge in [-0.2, -0.15) is 0 Å². The molecule has 0 aliphatic rings. The molecule has 4 rings (SSSR count). The van der Waals surface area contributed by atoms with Crippen molar-refractivity contribution in [2.24, 2.45) is 0 Å². The topological polar surface area (TPSA) is 69.1 Å². The van der Waals surface area contributed by atoms with Gasteiger partial charge in [-0.15, -0.1) is 0 Å². The minimum atomic E-state index is -0.134. The number of hydrogen-bond donors (Lipinski definition) is 3. The number of aromatic hydroxyl groups is 2. The van der Waals surface area contributed by atoms with Gasteiger partial charge in [-0.25, -0.2) is 4.98 Å². The predicted molar refractivity (Wildman–Crippen MR) is 74.4 cm³/mol. The largest absolute Gasteiger partial charge is 0.504 e. The smallest absolute Gasteiger partial charge is 0.167 e. The first kappa shape index (κ1) is 10.2. The van der Waals surface area contributed by atoms with E-state index >= 15 is 0 Å². The number of H-pyrrole nitrogens is 1. The highest BCUT2D eigenvalue weighted by molar-refractivity contribution is 6.09. The number of benzene rings is 2. The summed E-state index contributed by atoms with van der Waals surface area (Å²) in [5.41, 5.74) is 3.37. The number of fused-ring (bicyclic) bond motifs is 4. The van der Waals surface area contributed by atoms with Crippen LogP contribution < -0.4 is 0 Å². The zero-order valence-electron chi connectivity index (χ0n) is 9.88. The Labute approximate surface area is 107 Å². The molecule has 0 unspecified atom stereocenters. The summed E-state index contributed by atoms with van der Waals surface area (Å²) in [5.74, 6) is -0.268. The molecule has 92 valence electrons. The number of phenolic OH excluding ortho intramolecular Hbond substituents is 2. The van der Waals surface area contributed by atoms with Gasteiger partial charge >= 0.3 is 0 Å². The molecule has 4 nitrogen and oxygen atoms in total. The zero-order chi connectivity index (χ0) is 13.0. The van der Waals surface area contributed by atoms with E-state index in [2.05, 4.69) is 9.97 Å². The van der Waals surface area contributed by atoms with E-state index in [9.17, 15) is 10.2 Å². The van der Waals surface area contributed by atoms with Gasteiger partial charge in [0.2, 0.25) is 0 Å². The number of hydrogen-bond acceptors (Lipinski definition) is 3. The van der Waals surface area contributed by atoms with Crippen LogP contribution in [-0.4, -0.2) is 20.2 Å². The standard InChI is InChI=1S/C15H10N2O2/c18-13-6-5-11-9(15(13)19)7-12-14(17-11)8-3-1-2-4-10(8)16-12/h1-7,16,18-19H. The fourth-order valence-electron chi connectivity index (χ4n) is 2.46. The summed E-state index contributed by atoms with van der Waals surface area (Å²) in [6.45, 7) is 0. The van der Waals surface area contributed by atoms with E-state index in [-0.39, 0.29) is 11.5 Å². The Morgan fingerprint density at radius 2 is 1.74 bits per heavy atom. The van der Waals surface area contributed by atoms with Crippen LogP contribution >= 0.6 is 0 Å². The summed E-state index contributed by atoms with van der Waals surface area (Å²) in [5, 5.41) is 21.0. The molecule has 0 amide bonds. The first-order valence-corrected chi connectivity index (χ1v) is 5.96. The molecular weight excluding hydrogens is 240 g/mol. The van der Waals surface area contributed by atoms with Crippen molar-refractivity contribution in [3.05, 3.63) is 42.5 Å². The summed E-state index contributed by atoms with van der Waals surface area (Å²) in [6, 6.07) is 12.9. The van der Waals surface area contributed by atoms with Crippen LogP contribution in [0.4, 0.5) is 0 Å². The van der Waals surface area contributed by atoms with Crippen LogP contribution in [0, 0.1) is 0 Å². The minimum Gasteiger partial charge on any atom is -0.504 e. The molecule has 19 heavy (non-hydrogen) atoms. The van der Waals surface area contributed by atoms with E-state index < -0.39 is 0 Å². The lowest BCUT2D eigenvalue weighted by Gasteiger charge is -2.02. The van der Waals surface area contributed by atoms with Crippen molar-refractivity contribution < 1.29 is 10.2 Å². The minimum absolute atomic E-state index is 0.134. The molecule has 0 aliphatic heterocycles. The summed E-state index contributed by atoms with van der Waals surface area (Å²) < 4.78 is 0. The zero-order valence-corrected chi connectivity index (χ0v) is 9.88. The Bertz CT molecular complexity index is 941. The SMILES string of the molecule is Oc1ccc2nc3c(cc2c1O)[nH]c1ccccc13. The van der Waals surface area contributed by atoms with Crippen molar-refractivity contribution in [2.45, 2.75) is 0 Å². The maximum Gasteiger partial charge on any atom is 0.167 e. The second-order valence-corrected chi connectivity index (χ2v) is 4.56. The molecule has 0 saturated carbocycles. The molecule has 2 aromatic heterocycles. The molecule has 0 saturated heterocycles. The lowest BCUT2D eigenvalue weighted by Crippen LogP contribution is -1.81. The van der Waals surface area contributed by atoms with E-state index in [4.69, 9.17) is 0 Å². The average molecular weight is 250 g/mol. The molecule has 0 fully saturated rings. The lowest BCUT2D eigenvalue weighted by atomic mass is 10.1. The highest BCUT2D eigenvalue weighted by atomic mass is 16.3. The van der Waals surface area contributed by atoms with E-state index in [1.807, 2.05) is 30.3 Å². The van der Waals surface area contributed by atoms with Crippen LogP contribution in [0.15, 0.2) is 42.5 Å². The van der Waals surface area contributed by atoms with E-state index in [1.165, 1.54) is 6.07 Å². The number of phenols is 2. The highest BCUT2D eigenvalue weighted by Crippen LogP contribution is 2.35. The molecule has 2 heterocycles. The quantitative estimate of drug-likeness (QED) is 0.419. The van der Waals surface area contributed by atoms with Crippen LogP contribution in [-0.2, 0) is 0 Å². The molecule has 3 N–H and O–H groups in total. The Balaban J connectivity index is 2.24. The van der Waals surface area contributed by atoms with Crippen LogP contribution in [0.2, 0.25) is 0 Å². The normalized spacial score (nSPS) is 11.6. The van der Waals surface area contributed by atoms with Crippen LogP contribution in [0.1, 0.15) is 0 Å². The second kappa shape index (κ2) is 3.38. The summed E-state index contributed by atoms with van der Waals surface area (Å²) in [7, 11) is 0. The predicted octanol–water partition coefficient (Wildman–Crippen LogP) is 3.28. The van der Waals surface area contributed by atoms with E-state index in [0.29, 0.717) is 10.9 Å². The van der Waals surface area contributed by atoms with E-state index in [0.717, 1.165) is 21.9 Å². The van der Waals surface area contributed by atoms with E-state index in [1.54, 1.807) is 6.07 Å². The number of pyridine rings is 1. The van der Waals surface area contributed by atoms with Gasteiger partial charge in [-0.3, -0.25) is 0 Å². The fraction of sp³-hybridized carbons (Fsp3) is 0. The van der Waals surface area contributed by atoms with Gasteiger partial charge in [-0.1, -0.05) is 18.2 Å². The number of aromatic amines is 1. The van der Waals surface area contributed by atoms with Crippen LogP contribution in [0.25, 0.3) is 32.8 Å². The average Bonchev–Trinajstić information content (AvgIpc) is 2.79. The maximum atomic E-state index is 9.89. The molecule has 4 aromatic rings. The molecule has 0 spiro atoms. The number of rotatable bonds is 0. The Kier molecular flexibility index (Phi) is 1.82. The number of aromatic nitrogens is 2.